The van der Waals surface area contributed by atoms with Gasteiger partial charge in [0.25, 0.3) is 0 Å². The van der Waals surface area contributed by atoms with Crippen LogP contribution in [0.15, 0.2) is 59.6 Å². The number of alkyl halides is 1. The minimum atomic E-state index is -1.47. The number of ether oxygens (including phenoxy) is 4. The standard InChI is InChI=1S/C46H69F2N5O9/c1-26-18-27(2)44(58)61-31(6)41(56)40(55)30(5)39(54)28(3)22-46(7,59-10)43(26)62-45-42(57)38(19-29(4)60-45)52(9)17-15-34(50-8)25-53(49)35(23-47)20-32-13-14-36(37(48)21-32)33-12-11-16-51-24-33/h11-14,16,21,24-31,35,38,40-43,45,55-57H,8,15,17-20,22-23,49H2,1-7,9-10H3/b34-25-/t26?,27-,28+,29-,30?,31+,35?,38+,40-,41-,42+,43?,45+,46?/m1/s1. The molecule has 4 rings (SSSR count). The van der Waals surface area contributed by atoms with Crippen molar-refractivity contribution in [1.82, 2.24) is 14.9 Å². The lowest BCUT2D eigenvalue weighted by molar-refractivity contribution is -0.298. The number of aliphatic imine (C=N–C) groups is 1. The van der Waals surface area contributed by atoms with Crippen LogP contribution < -0.4 is 5.84 Å². The fourth-order valence-corrected chi connectivity index (χ4v) is 8.84. The molecule has 2 aromatic rings. The molecule has 2 saturated heterocycles. The van der Waals surface area contributed by atoms with Crippen LogP contribution in [0.3, 0.4) is 0 Å². The number of hydrogen-bond donors (Lipinski definition) is 4. The fraction of sp³-hybridized carbons (Fsp3) is 0.652. The van der Waals surface area contributed by atoms with E-state index < -0.39 is 90.7 Å². The van der Waals surface area contributed by atoms with Crippen molar-refractivity contribution in [1.29, 1.82) is 0 Å². The molecule has 346 valence electrons. The summed E-state index contributed by atoms with van der Waals surface area (Å²) in [6.07, 6.45) is -1.33. The van der Waals surface area contributed by atoms with E-state index in [1.807, 2.05) is 32.7 Å². The molecule has 0 radical (unpaired) electrons. The number of ketones is 1. The summed E-state index contributed by atoms with van der Waals surface area (Å²) in [6, 6.07) is 6.99. The van der Waals surface area contributed by atoms with Gasteiger partial charge in [-0.1, -0.05) is 45.9 Å². The molecule has 1 aromatic carbocycles. The molecule has 62 heavy (non-hydrogen) atoms. The first-order chi connectivity index (χ1) is 29.2. The summed E-state index contributed by atoms with van der Waals surface area (Å²) in [4.78, 5) is 37.1. The Labute approximate surface area is 365 Å². The van der Waals surface area contributed by atoms with E-state index in [-0.39, 0.29) is 37.1 Å². The molecule has 0 saturated carbocycles. The average molecular weight is 874 g/mol. The predicted molar refractivity (Wildman–Crippen MR) is 232 cm³/mol. The van der Waals surface area contributed by atoms with Crippen molar-refractivity contribution >= 4 is 18.5 Å². The first-order valence-electron chi connectivity index (χ1n) is 21.5. The lowest BCUT2D eigenvalue weighted by atomic mass is 9.76. The van der Waals surface area contributed by atoms with Gasteiger partial charge in [0.05, 0.1) is 41.6 Å². The van der Waals surface area contributed by atoms with Crippen molar-refractivity contribution < 1.29 is 52.6 Å². The number of nitrogens with zero attached hydrogens (tertiary/aromatic N) is 4. The molecule has 2 aliphatic heterocycles. The van der Waals surface area contributed by atoms with Gasteiger partial charge in [0.1, 0.15) is 36.6 Å². The summed E-state index contributed by atoms with van der Waals surface area (Å²) in [7, 11) is 3.37. The Bertz CT molecular complexity index is 1810. The number of hydrazine groups is 1. The normalized spacial score (nSPS) is 33.7. The molecule has 1 aromatic heterocycles. The molecular formula is C46H69F2N5O9. The van der Waals surface area contributed by atoms with Crippen LogP contribution in [0.1, 0.15) is 79.7 Å². The number of nitrogens with two attached hydrogens (primary N) is 1. The van der Waals surface area contributed by atoms with Gasteiger partial charge in [-0.15, -0.1) is 0 Å². The number of cyclic esters (lactones) is 1. The Balaban J connectivity index is 1.49. The highest BCUT2D eigenvalue weighted by atomic mass is 19.1. The Morgan fingerprint density at radius 2 is 1.81 bits per heavy atom. The number of halogens is 2. The van der Waals surface area contributed by atoms with Gasteiger partial charge in [-0.3, -0.25) is 19.6 Å². The van der Waals surface area contributed by atoms with E-state index in [1.54, 1.807) is 50.5 Å². The molecule has 5 N–H and O–H groups in total. The highest BCUT2D eigenvalue weighted by Gasteiger charge is 2.48. The van der Waals surface area contributed by atoms with Gasteiger partial charge in [-0.2, -0.15) is 0 Å². The average Bonchev–Trinajstić information content (AvgIpc) is 3.25. The first kappa shape index (κ1) is 50.9. The van der Waals surface area contributed by atoms with Gasteiger partial charge in [0.2, 0.25) is 0 Å². The Kier molecular flexibility index (Phi) is 18.7. The molecule has 0 bridgehead atoms. The SMILES string of the molecule is C=N/C(=C\N(N)C(CF)Cc1ccc(-c2cccnc2)c(F)c1)CCN(C)[C@H]1C[C@@H](C)O[C@@H](OC2C(C)C[C@@H](C)C(=O)O[C@@H](C)[C@@H](O)[C@H](O)C(C)C(=O)[C@@H](C)CC2(C)OC)[C@H]1O. The topological polar surface area (TPSA) is 189 Å². The first-order valence-corrected chi connectivity index (χ1v) is 21.5. The number of benzene rings is 1. The highest BCUT2D eigenvalue weighted by molar-refractivity contribution is 5.83. The number of methoxy groups -OCH3 is 1. The molecule has 14 atom stereocenters. The number of aliphatic hydroxyl groups is 3. The third kappa shape index (κ3) is 12.7. The van der Waals surface area contributed by atoms with Crippen molar-refractivity contribution in [2.75, 3.05) is 27.4 Å². The number of aliphatic hydroxyl groups excluding tert-OH is 3. The van der Waals surface area contributed by atoms with Gasteiger partial charge in [-0.05, 0) is 83.8 Å². The maximum Gasteiger partial charge on any atom is 0.309 e. The van der Waals surface area contributed by atoms with Crippen LogP contribution >= 0.6 is 0 Å². The zero-order valence-electron chi connectivity index (χ0n) is 37.7. The van der Waals surface area contributed by atoms with E-state index in [9.17, 15) is 29.3 Å². The van der Waals surface area contributed by atoms with Crippen LogP contribution in [0.5, 0.6) is 0 Å². The van der Waals surface area contributed by atoms with Crippen LogP contribution in [-0.2, 0) is 35.0 Å². The van der Waals surface area contributed by atoms with Crippen LogP contribution in [-0.4, -0.2) is 137 Å². The molecule has 14 nitrogen and oxygen atoms in total. The molecule has 2 fully saturated rings. The molecule has 0 spiro atoms. The van der Waals surface area contributed by atoms with Crippen LogP contribution in [0, 0.1) is 29.5 Å². The highest BCUT2D eigenvalue weighted by Crippen LogP contribution is 2.38. The summed E-state index contributed by atoms with van der Waals surface area (Å²) in [5.41, 5.74) is 0.934. The number of likely N-dealkylation sites (N-methyl/N-ethyl adjacent to an activating group) is 1. The minimum absolute atomic E-state index is 0.136. The zero-order chi connectivity index (χ0) is 46.1. The van der Waals surface area contributed by atoms with Crippen molar-refractivity contribution in [2.24, 2.45) is 34.5 Å². The molecule has 3 heterocycles. The van der Waals surface area contributed by atoms with Gasteiger partial charge < -0.3 is 44.2 Å². The number of carbonyl (C=O) groups excluding carboxylic acids is 2. The molecule has 0 amide bonds. The fourth-order valence-electron chi connectivity index (χ4n) is 8.84. The van der Waals surface area contributed by atoms with Gasteiger partial charge in [0, 0.05) is 67.7 Å². The molecule has 0 aliphatic carbocycles. The van der Waals surface area contributed by atoms with E-state index in [2.05, 4.69) is 16.7 Å². The number of rotatable bonds is 14. The molecule has 2 aliphatic rings. The summed E-state index contributed by atoms with van der Waals surface area (Å²) in [5, 5.41) is 34.8. The van der Waals surface area contributed by atoms with Crippen molar-refractivity contribution in [3.8, 4) is 11.1 Å². The van der Waals surface area contributed by atoms with Crippen LogP contribution in [0.4, 0.5) is 8.78 Å². The van der Waals surface area contributed by atoms with Gasteiger partial charge >= 0.3 is 5.97 Å². The summed E-state index contributed by atoms with van der Waals surface area (Å²) >= 11 is 0. The number of hydrogen-bond acceptors (Lipinski definition) is 14. The van der Waals surface area contributed by atoms with E-state index in [0.29, 0.717) is 41.8 Å². The largest absolute Gasteiger partial charge is 0.460 e. The number of esters is 1. The van der Waals surface area contributed by atoms with Crippen LogP contribution in [0.2, 0.25) is 0 Å². The molecule has 5 unspecified atom stereocenters. The third-order valence-corrected chi connectivity index (χ3v) is 12.8. The maximum atomic E-state index is 15.1. The summed E-state index contributed by atoms with van der Waals surface area (Å²) < 4.78 is 54.2. The number of carbonyl (C=O) groups is 2. The Hall–Kier alpha value is -3.74. The lowest BCUT2D eigenvalue weighted by Gasteiger charge is -2.47. The minimum Gasteiger partial charge on any atom is -0.460 e. The molecule has 16 heteroatoms. The predicted octanol–water partition coefficient (Wildman–Crippen LogP) is 5.02. The zero-order valence-corrected chi connectivity index (χ0v) is 37.7. The second-order valence-electron chi connectivity index (χ2n) is 17.7. The lowest BCUT2D eigenvalue weighted by Crippen LogP contribution is -2.59. The van der Waals surface area contributed by atoms with Crippen molar-refractivity contribution in [3.63, 3.8) is 0 Å². The quantitative estimate of drug-likeness (QED) is 0.0858. The van der Waals surface area contributed by atoms with E-state index in [0.717, 1.165) is 0 Å². The van der Waals surface area contributed by atoms with Crippen molar-refractivity contribution in [2.45, 2.75) is 141 Å². The summed E-state index contributed by atoms with van der Waals surface area (Å²) in [6.45, 7) is 15.4. The van der Waals surface area contributed by atoms with Gasteiger partial charge in [-0.25, -0.2) is 14.6 Å². The number of pyridine rings is 1. The smallest absolute Gasteiger partial charge is 0.309 e. The number of Topliss-reactive ketones (excluding diaryl/α,β-unsaturated/α-hetero) is 1. The van der Waals surface area contributed by atoms with Crippen LogP contribution in [0.25, 0.3) is 11.1 Å². The Morgan fingerprint density at radius 1 is 1.10 bits per heavy atom. The maximum absolute atomic E-state index is 15.1. The number of aromatic nitrogens is 1. The van der Waals surface area contributed by atoms with E-state index >= 15 is 4.39 Å². The Morgan fingerprint density at radius 3 is 2.42 bits per heavy atom. The second-order valence-corrected chi connectivity index (χ2v) is 17.7. The van der Waals surface area contributed by atoms with Crippen molar-refractivity contribution in [3.05, 3.63) is 66.0 Å². The summed E-state index contributed by atoms with van der Waals surface area (Å²) in [5.74, 6) is 2.37. The third-order valence-electron chi connectivity index (χ3n) is 12.8. The van der Waals surface area contributed by atoms with E-state index in [4.69, 9.17) is 24.8 Å². The van der Waals surface area contributed by atoms with E-state index in [1.165, 1.54) is 38.2 Å². The molecular weight excluding hydrogens is 805 g/mol. The second kappa shape index (κ2) is 22.7. The van der Waals surface area contributed by atoms with Gasteiger partial charge in [0.15, 0.2) is 6.29 Å². The monoisotopic (exact) mass is 874 g/mol.